The van der Waals surface area contributed by atoms with Gasteiger partial charge in [0.05, 0.1) is 6.26 Å². The van der Waals surface area contributed by atoms with Gasteiger partial charge in [0.2, 0.25) is 10.0 Å². The second kappa shape index (κ2) is 6.08. The van der Waals surface area contributed by atoms with Gasteiger partial charge in [0.1, 0.15) is 0 Å². The molecule has 0 aliphatic carbocycles. The molecule has 2 aliphatic rings. The Morgan fingerprint density at radius 1 is 1.16 bits per heavy atom. The predicted molar refractivity (Wildman–Crippen MR) is 77.6 cm³/mol. The first-order valence-electron chi connectivity index (χ1n) is 7.28. The number of nitrogens with zero attached hydrogens (tertiary/aromatic N) is 2. The molecule has 2 rings (SSSR count). The van der Waals surface area contributed by atoms with Crippen molar-refractivity contribution in [3.8, 4) is 0 Å². The van der Waals surface area contributed by atoms with E-state index in [1.165, 1.54) is 6.26 Å². The standard InChI is InChI=1S/C13H27N3O2S/c1-11-7-15(8-12(2)14-11)9-13-5-4-6-16(10-13)19(3,17)18/h11-14H,4-10H2,1-3H3. The zero-order valence-corrected chi connectivity index (χ0v) is 13.1. The average Bonchev–Trinajstić information content (AvgIpc) is 2.26. The Hall–Kier alpha value is -0.170. The van der Waals surface area contributed by atoms with Crippen molar-refractivity contribution in [3.63, 3.8) is 0 Å². The van der Waals surface area contributed by atoms with Gasteiger partial charge in [0, 0.05) is 44.8 Å². The Bertz CT molecular complexity index is 389. The van der Waals surface area contributed by atoms with Crippen LogP contribution in [-0.2, 0) is 10.0 Å². The van der Waals surface area contributed by atoms with Gasteiger partial charge in [0.15, 0.2) is 0 Å². The molecule has 2 saturated heterocycles. The fourth-order valence-electron chi connectivity index (χ4n) is 3.43. The van der Waals surface area contributed by atoms with Crippen LogP contribution in [0.2, 0.25) is 0 Å². The fourth-order valence-corrected chi connectivity index (χ4v) is 4.37. The maximum Gasteiger partial charge on any atom is 0.211 e. The molecule has 0 bridgehead atoms. The molecule has 0 aromatic carbocycles. The summed E-state index contributed by atoms with van der Waals surface area (Å²) in [7, 11) is -3.02. The summed E-state index contributed by atoms with van der Waals surface area (Å²) in [5, 5.41) is 3.53. The lowest BCUT2D eigenvalue weighted by atomic mass is 9.98. The third kappa shape index (κ3) is 4.41. The first-order chi connectivity index (χ1) is 8.84. The number of hydrogen-bond donors (Lipinski definition) is 1. The molecule has 2 fully saturated rings. The molecule has 0 aromatic heterocycles. The summed E-state index contributed by atoms with van der Waals surface area (Å²) in [4.78, 5) is 2.49. The highest BCUT2D eigenvalue weighted by atomic mass is 32.2. The van der Waals surface area contributed by atoms with Gasteiger partial charge in [-0.25, -0.2) is 12.7 Å². The molecule has 6 heteroatoms. The van der Waals surface area contributed by atoms with Gasteiger partial charge in [-0.1, -0.05) is 0 Å². The number of nitrogens with one attached hydrogen (secondary N) is 1. The van der Waals surface area contributed by atoms with Gasteiger partial charge >= 0.3 is 0 Å². The lowest BCUT2D eigenvalue weighted by Crippen LogP contribution is -2.56. The summed E-state index contributed by atoms with van der Waals surface area (Å²) in [6, 6.07) is 1.05. The smallest absolute Gasteiger partial charge is 0.211 e. The topological polar surface area (TPSA) is 52.7 Å². The van der Waals surface area contributed by atoms with Crippen LogP contribution in [0.15, 0.2) is 0 Å². The molecule has 2 aliphatic heterocycles. The SMILES string of the molecule is CC1CN(CC2CCCN(S(C)(=O)=O)C2)CC(C)N1. The Kier molecular flexibility index (Phi) is 4.87. The van der Waals surface area contributed by atoms with Gasteiger partial charge in [-0.15, -0.1) is 0 Å². The van der Waals surface area contributed by atoms with E-state index in [4.69, 9.17) is 0 Å². The van der Waals surface area contributed by atoms with Gasteiger partial charge in [0.25, 0.3) is 0 Å². The number of piperidine rings is 1. The summed E-state index contributed by atoms with van der Waals surface area (Å²) in [6.45, 7) is 9.00. The first kappa shape index (κ1) is 15.2. The number of piperazine rings is 1. The molecular formula is C13H27N3O2S. The summed E-state index contributed by atoms with van der Waals surface area (Å²) in [6.07, 6.45) is 3.47. The van der Waals surface area contributed by atoms with E-state index >= 15 is 0 Å². The zero-order valence-electron chi connectivity index (χ0n) is 12.3. The maximum absolute atomic E-state index is 11.6. The van der Waals surface area contributed by atoms with E-state index in [-0.39, 0.29) is 0 Å². The lowest BCUT2D eigenvalue weighted by molar-refractivity contribution is 0.128. The van der Waals surface area contributed by atoms with Crippen LogP contribution >= 0.6 is 0 Å². The quantitative estimate of drug-likeness (QED) is 0.814. The minimum absolute atomic E-state index is 0.487. The molecule has 0 saturated carbocycles. The van der Waals surface area contributed by atoms with E-state index in [0.717, 1.165) is 32.5 Å². The van der Waals surface area contributed by atoms with E-state index in [2.05, 4.69) is 24.1 Å². The molecule has 3 unspecified atom stereocenters. The zero-order chi connectivity index (χ0) is 14.0. The maximum atomic E-state index is 11.6. The van der Waals surface area contributed by atoms with Crippen LogP contribution in [-0.4, -0.2) is 68.7 Å². The van der Waals surface area contributed by atoms with Crippen LogP contribution in [0.5, 0.6) is 0 Å². The van der Waals surface area contributed by atoms with Crippen LogP contribution in [0.1, 0.15) is 26.7 Å². The molecule has 0 radical (unpaired) electrons. The number of hydrogen-bond acceptors (Lipinski definition) is 4. The summed E-state index contributed by atoms with van der Waals surface area (Å²) >= 11 is 0. The van der Waals surface area contributed by atoms with Crippen molar-refractivity contribution in [3.05, 3.63) is 0 Å². The van der Waals surface area contributed by atoms with Crippen LogP contribution in [0, 0.1) is 5.92 Å². The molecule has 112 valence electrons. The predicted octanol–water partition coefficient (Wildman–Crippen LogP) is 0.340. The van der Waals surface area contributed by atoms with Crippen molar-refractivity contribution >= 4 is 10.0 Å². The lowest BCUT2D eigenvalue weighted by Gasteiger charge is -2.40. The normalized spacial score (nSPS) is 35.4. The molecule has 1 N–H and O–H groups in total. The van der Waals surface area contributed by atoms with E-state index in [0.29, 0.717) is 31.1 Å². The fraction of sp³-hybridized carbons (Fsp3) is 1.00. The molecule has 0 spiro atoms. The van der Waals surface area contributed by atoms with Crippen LogP contribution < -0.4 is 5.32 Å². The third-order valence-electron chi connectivity index (χ3n) is 4.10. The second-order valence-electron chi connectivity index (χ2n) is 6.32. The number of sulfonamides is 1. The summed E-state index contributed by atoms with van der Waals surface area (Å²) in [5.41, 5.74) is 0. The minimum atomic E-state index is -3.02. The Morgan fingerprint density at radius 3 is 2.37 bits per heavy atom. The largest absolute Gasteiger partial charge is 0.309 e. The molecule has 0 aromatic rings. The summed E-state index contributed by atoms with van der Waals surface area (Å²) in [5.74, 6) is 0.487. The highest BCUT2D eigenvalue weighted by Gasteiger charge is 2.29. The van der Waals surface area contributed by atoms with Crippen LogP contribution in [0.3, 0.4) is 0 Å². The van der Waals surface area contributed by atoms with E-state index in [9.17, 15) is 8.42 Å². The van der Waals surface area contributed by atoms with Crippen molar-refractivity contribution in [2.75, 3.05) is 39.0 Å². The molecule has 0 amide bonds. The van der Waals surface area contributed by atoms with Crippen LogP contribution in [0.4, 0.5) is 0 Å². The van der Waals surface area contributed by atoms with E-state index < -0.39 is 10.0 Å². The Morgan fingerprint density at radius 2 is 1.79 bits per heavy atom. The minimum Gasteiger partial charge on any atom is -0.309 e. The van der Waals surface area contributed by atoms with Crippen molar-refractivity contribution in [2.45, 2.75) is 38.8 Å². The van der Waals surface area contributed by atoms with Crippen molar-refractivity contribution < 1.29 is 8.42 Å². The Balaban J connectivity index is 1.88. The first-order valence-corrected chi connectivity index (χ1v) is 9.13. The van der Waals surface area contributed by atoms with Gasteiger partial charge < -0.3 is 5.32 Å². The van der Waals surface area contributed by atoms with E-state index in [1.54, 1.807) is 4.31 Å². The van der Waals surface area contributed by atoms with Gasteiger partial charge in [-0.3, -0.25) is 4.90 Å². The molecule has 2 heterocycles. The monoisotopic (exact) mass is 289 g/mol. The molecular weight excluding hydrogens is 262 g/mol. The average molecular weight is 289 g/mol. The third-order valence-corrected chi connectivity index (χ3v) is 5.37. The molecule has 19 heavy (non-hydrogen) atoms. The van der Waals surface area contributed by atoms with Gasteiger partial charge in [-0.05, 0) is 32.6 Å². The van der Waals surface area contributed by atoms with Gasteiger partial charge in [-0.2, -0.15) is 0 Å². The summed E-state index contributed by atoms with van der Waals surface area (Å²) < 4.78 is 24.9. The van der Waals surface area contributed by atoms with Crippen molar-refractivity contribution in [1.82, 2.24) is 14.5 Å². The highest BCUT2D eigenvalue weighted by Crippen LogP contribution is 2.20. The van der Waals surface area contributed by atoms with Crippen molar-refractivity contribution in [2.24, 2.45) is 5.92 Å². The number of rotatable bonds is 3. The molecule has 3 atom stereocenters. The van der Waals surface area contributed by atoms with E-state index in [1.807, 2.05) is 0 Å². The van der Waals surface area contributed by atoms with Crippen LogP contribution in [0.25, 0.3) is 0 Å². The second-order valence-corrected chi connectivity index (χ2v) is 8.30. The Labute approximate surface area is 117 Å². The highest BCUT2D eigenvalue weighted by molar-refractivity contribution is 7.88. The molecule has 5 nitrogen and oxygen atoms in total. The van der Waals surface area contributed by atoms with Crippen molar-refractivity contribution in [1.29, 1.82) is 0 Å².